The fraction of sp³-hybridized carbons (Fsp3) is 0.160. The van der Waals surface area contributed by atoms with Crippen LogP contribution in [0.3, 0.4) is 0 Å². The number of aromatic nitrogens is 2. The zero-order valence-electron chi connectivity index (χ0n) is 18.5. The second-order valence-electron chi connectivity index (χ2n) is 7.80. The molecule has 0 fully saturated rings. The van der Waals surface area contributed by atoms with Gasteiger partial charge in [0.2, 0.25) is 0 Å². The number of hydrogen-bond donors (Lipinski definition) is 1. The molecule has 0 saturated heterocycles. The van der Waals surface area contributed by atoms with Crippen LogP contribution in [0.15, 0.2) is 65.6 Å². The zero-order chi connectivity index (χ0) is 23.8. The number of nitrogens with one attached hydrogen (secondary N) is 1. The summed E-state index contributed by atoms with van der Waals surface area (Å²) in [7, 11) is -1.75. The number of carbonyl (C=O) groups is 1. The van der Waals surface area contributed by atoms with Crippen molar-refractivity contribution in [3.05, 3.63) is 77.4 Å². The van der Waals surface area contributed by atoms with Crippen molar-refractivity contribution in [1.29, 1.82) is 5.26 Å². The van der Waals surface area contributed by atoms with Crippen molar-refractivity contribution in [2.45, 2.75) is 18.2 Å². The molecule has 7 nitrogen and oxygen atoms in total. The first-order valence-electron chi connectivity index (χ1n) is 10.3. The van der Waals surface area contributed by atoms with E-state index in [0.29, 0.717) is 5.69 Å². The Morgan fingerprint density at radius 3 is 2.45 bits per heavy atom. The second-order valence-corrected chi connectivity index (χ2v) is 9.78. The van der Waals surface area contributed by atoms with Crippen LogP contribution in [0.5, 0.6) is 0 Å². The maximum absolute atomic E-state index is 13.0. The molecule has 3 aromatic carbocycles. The number of carbonyl (C=O) groups excluding carboxylic acids is 1. The van der Waals surface area contributed by atoms with Crippen LogP contribution in [0.4, 0.5) is 5.69 Å². The van der Waals surface area contributed by atoms with Crippen LogP contribution < -0.4 is 5.32 Å². The number of nitriles is 1. The lowest BCUT2D eigenvalue weighted by atomic mass is 10.1. The smallest absolute Gasteiger partial charge is 0.257 e. The highest BCUT2D eigenvalue weighted by molar-refractivity contribution is 7.90. The molecular formula is C25H22N4O3S. The minimum atomic E-state index is -3.65. The number of sulfone groups is 1. The van der Waals surface area contributed by atoms with E-state index in [1.807, 2.05) is 29.8 Å². The molecular weight excluding hydrogens is 436 g/mol. The molecule has 4 rings (SSSR count). The highest BCUT2D eigenvalue weighted by atomic mass is 32.2. The minimum absolute atomic E-state index is 0.0710. The lowest BCUT2D eigenvalue weighted by Gasteiger charge is -2.10. The first kappa shape index (κ1) is 22.2. The van der Waals surface area contributed by atoms with E-state index in [-0.39, 0.29) is 16.0 Å². The fourth-order valence-corrected chi connectivity index (χ4v) is 4.58. The van der Waals surface area contributed by atoms with E-state index in [2.05, 4.69) is 24.4 Å². The highest BCUT2D eigenvalue weighted by Crippen LogP contribution is 2.27. The highest BCUT2D eigenvalue weighted by Gasteiger charge is 2.20. The number of fused-ring (bicyclic) bond motifs is 1. The third-order valence-corrected chi connectivity index (χ3v) is 6.67. The van der Waals surface area contributed by atoms with E-state index in [0.717, 1.165) is 35.1 Å². The molecule has 0 radical (unpaired) electrons. The van der Waals surface area contributed by atoms with E-state index >= 15 is 0 Å². The Labute approximate surface area is 192 Å². The monoisotopic (exact) mass is 458 g/mol. The van der Waals surface area contributed by atoms with E-state index < -0.39 is 15.7 Å². The SMILES string of the molecule is CCc1ccc(-c2nc3ccc(NC(=O)c4cc(C#N)ccc4S(C)(=O)=O)cc3n2C)cc1. The Balaban J connectivity index is 1.70. The maximum atomic E-state index is 13.0. The molecule has 0 aliphatic rings. The Morgan fingerprint density at radius 2 is 1.82 bits per heavy atom. The van der Waals surface area contributed by atoms with Crippen LogP contribution in [0.1, 0.15) is 28.4 Å². The Bertz CT molecular complexity index is 1530. The molecule has 0 atom stereocenters. The Hall–Kier alpha value is -3.96. The summed E-state index contributed by atoms with van der Waals surface area (Å²) in [5.41, 5.74) is 4.45. The predicted molar refractivity (Wildman–Crippen MR) is 128 cm³/mol. The average molecular weight is 459 g/mol. The molecule has 1 heterocycles. The van der Waals surface area contributed by atoms with E-state index in [1.165, 1.54) is 23.8 Å². The van der Waals surface area contributed by atoms with Crippen LogP contribution in [0.25, 0.3) is 22.4 Å². The molecule has 33 heavy (non-hydrogen) atoms. The average Bonchev–Trinajstić information content (AvgIpc) is 3.14. The van der Waals surface area contributed by atoms with Crippen LogP contribution in [-0.2, 0) is 23.3 Å². The van der Waals surface area contributed by atoms with E-state index in [4.69, 9.17) is 10.2 Å². The molecule has 0 aliphatic heterocycles. The standard InChI is InChI=1S/C25H22N4O3S/c1-4-16-5-8-18(9-6-16)24-28-21-11-10-19(14-22(21)29(24)2)27-25(30)20-13-17(15-26)7-12-23(20)33(3,31)32/h5-14H,4H2,1-3H3,(H,27,30). The number of hydrogen-bond acceptors (Lipinski definition) is 5. The molecule has 8 heteroatoms. The first-order chi connectivity index (χ1) is 15.7. The van der Waals surface area contributed by atoms with Gasteiger partial charge in [-0.2, -0.15) is 5.26 Å². The quantitative estimate of drug-likeness (QED) is 0.479. The number of benzene rings is 3. The molecule has 1 N–H and O–H groups in total. The Morgan fingerprint density at radius 1 is 1.09 bits per heavy atom. The van der Waals surface area contributed by atoms with Crippen molar-refractivity contribution in [3.8, 4) is 17.5 Å². The summed E-state index contributed by atoms with van der Waals surface area (Å²) in [5.74, 6) is 0.196. The van der Waals surface area contributed by atoms with Gasteiger partial charge in [0.1, 0.15) is 5.82 Å². The molecule has 166 valence electrons. The first-order valence-corrected chi connectivity index (χ1v) is 12.2. The topological polar surface area (TPSA) is 105 Å². The molecule has 0 saturated carbocycles. The third-order valence-electron chi connectivity index (χ3n) is 5.51. The number of aryl methyl sites for hydroxylation is 2. The van der Waals surface area contributed by atoms with Gasteiger partial charge in [-0.3, -0.25) is 4.79 Å². The van der Waals surface area contributed by atoms with Crippen molar-refractivity contribution in [2.75, 3.05) is 11.6 Å². The minimum Gasteiger partial charge on any atom is -0.327 e. The normalized spacial score (nSPS) is 11.3. The van der Waals surface area contributed by atoms with Gasteiger partial charge < -0.3 is 9.88 Å². The van der Waals surface area contributed by atoms with Gasteiger partial charge in [-0.1, -0.05) is 31.2 Å². The van der Waals surface area contributed by atoms with Crippen LogP contribution in [-0.4, -0.2) is 30.1 Å². The van der Waals surface area contributed by atoms with Crippen molar-refractivity contribution in [3.63, 3.8) is 0 Å². The molecule has 1 amide bonds. The van der Waals surface area contributed by atoms with Gasteiger partial charge in [-0.05, 0) is 48.4 Å². The predicted octanol–water partition coefficient (Wildman–Crippen LogP) is 4.33. The van der Waals surface area contributed by atoms with Gasteiger partial charge in [0.05, 0.1) is 33.1 Å². The lowest BCUT2D eigenvalue weighted by molar-refractivity contribution is 0.102. The van der Waals surface area contributed by atoms with Crippen LogP contribution in [0.2, 0.25) is 0 Å². The van der Waals surface area contributed by atoms with Crippen LogP contribution >= 0.6 is 0 Å². The molecule has 0 spiro atoms. The number of amides is 1. The zero-order valence-corrected chi connectivity index (χ0v) is 19.3. The number of imidazole rings is 1. The number of anilines is 1. The number of nitrogens with zero attached hydrogens (tertiary/aromatic N) is 3. The summed E-state index contributed by atoms with van der Waals surface area (Å²) in [5, 5.41) is 11.9. The molecule has 0 aliphatic carbocycles. The van der Waals surface area contributed by atoms with E-state index in [9.17, 15) is 13.2 Å². The van der Waals surface area contributed by atoms with Gasteiger partial charge in [0, 0.05) is 24.6 Å². The molecule has 1 aromatic heterocycles. The van der Waals surface area contributed by atoms with Gasteiger partial charge in [0.25, 0.3) is 5.91 Å². The molecule has 0 unspecified atom stereocenters. The lowest BCUT2D eigenvalue weighted by Crippen LogP contribution is -2.16. The molecule has 4 aromatic rings. The summed E-state index contributed by atoms with van der Waals surface area (Å²) in [4.78, 5) is 17.5. The second kappa shape index (κ2) is 8.52. The van der Waals surface area contributed by atoms with E-state index in [1.54, 1.807) is 18.2 Å². The van der Waals surface area contributed by atoms with Gasteiger partial charge >= 0.3 is 0 Å². The van der Waals surface area contributed by atoms with Crippen molar-refractivity contribution in [2.24, 2.45) is 7.05 Å². The largest absolute Gasteiger partial charge is 0.327 e. The summed E-state index contributed by atoms with van der Waals surface area (Å²) in [6, 6.07) is 19.4. The maximum Gasteiger partial charge on any atom is 0.257 e. The van der Waals surface area contributed by atoms with Gasteiger partial charge in [-0.15, -0.1) is 0 Å². The van der Waals surface area contributed by atoms with Crippen molar-refractivity contribution < 1.29 is 13.2 Å². The number of rotatable bonds is 5. The summed E-state index contributed by atoms with van der Waals surface area (Å²) < 4.78 is 26.2. The third kappa shape index (κ3) is 4.36. The van der Waals surface area contributed by atoms with Crippen molar-refractivity contribution in [1.82, 2.24) is 9.55 Å². The van der Waals surface area contributed by atoms with Crippen LogP contribution in [0, 0.1) is 11.3 Å². The summed E-state index contributed by atoms with van der Waals surface area (Å²) in [6.07, 6.45) is 1.99. The molecule has 0 bridgehead atoms. The summed E-state index contributed by atoms with van der Waals surface area (Å²) in [6.45, 7) is 2.11. The summed E-state index contributed by atoms with van der Waals surface area (Å²) >= 11 is 0. The van der Waals surface area contributed by atoms with Gasteiger partial charge in [-0.25, -0.2) is 13.4 Å². The van der Waals surface area contributed by atoms with Gasteiger partial charge in [0.15, 0.2) is 9.84 Å². The Kier molecular flexibility index (Phi) is 5.75. The fourth-order valence-electron chi connectivity index (χ4n) is 3.71. The van der Waals surface area contributed by atoms with Crippen molar-refractivity contribution >= 4 is 32.5 Å².